The number of aliphatic hydroxyl groups excluding tert-OH is 1. The third kappa shape index (κ3) is 6.33. The monoisotopic (exact) mass is 520 g/mol. The number of rotatable bonds is 7. The van der Waals surface area contributed by atoms with Crippen LogP contribution in [0.25, 0.3) is 0 Å². The molecule has 1 atom stereocenters. The second-order valence-electron chi connectivity index (χ2n) is 7.96. The van der Waals surface area contributed by atoms with Crippen molar-refractivity contribution >= 4 is 29.0 Å². The predicted molar refractivity (Wildman–Crippen MR) is 127 cm³/mol. The van der Waals surface area contributed by atoms with Crippen molar-refractivity contribution in [2.24, 2.45) is 0 Å². The molecule has 0 spiro atoms. The fourth-order valence-electron chi connectivity index (χ4n) is 3.55. The summed E-state index contributed by atoms with van der Waals surface area (Å²) in [6.45, 7) is 0.0871. The fraction of sp³-hybridized carbons (Fsp3) is 0.250. The molecule has 8 nitrogen and oxygen atoms in total. The van der Waals surface area contributed by atoms with Gasteiger partial charge in [0, 0.05) is 23.4 Å². The number of halogens is 3. The zero-order valence-electron chi connectivity index (χ0n) is 18.8. The largest absolute Gasteiger partial charge is 0.455 e. The minimum atomic E-state index is -4.61. The summed E-state index contributed by atoms with van der Waals surface area (Å²) in [7, 11) is 0. The number of nitrogens with zero attached hydrogens (tertiary/aromatic N) is 1. The van der Waals surface area contributed by atoms with E-state index in [4.69, 9.17) is 4.74 Å². The van der Waals surface area contributed by atoms with Gasteiger partial charge in [-0.1, -0.05) is 24.3 Å². The second-order valence-corrected chi connectivity index (χ2v) is 8.99. The van der Waals surface area contributed by atoms with Crippen LogP contribution in [0.1, 0.15) is 22.4 Å². The Labute approximate surface area is 208 Å². The summed E-state index contributed by atoms with van der Waals surface area (Å²) < 4.78 is 45.8. The van der Waals surface area contributed by atoms with Crippen LogP contribution in [0.2, 0.25) is 0 Å². The van der Waals surface area contributed by atoms with E-state index in [1.165, 1.54) is 17.4 Å². The molecule has 1 aliphatic rings. The number of hydrogen-bond donors (Lipinski definition) is 4. The quantitative estimate of drug-likeness (QED) is 0.277. The molecule has 3 amide bonds. The number of ether oxygens (including phenoxy) is 1. The number of anilines is 1. The average molecular weight is 521 g/mol. The van der Waals surface area contributed by atoms with E-state index in [0.717, 1.165) is 21.9 Å². The molecule has 4 N–H and O–H groups in total. The molecule has 0 bridgehead atoms. The van der Waals surface area contributed by atoms with E-state index in [-0.39, 0.29) is 43.3 Å². The lowest BCUT2D eigenvalue weighted by atomic mass is 10.1. The summed E-state index contributed by atoms with van der Waals surface area (Å²) in [6, 6.07) is 12.6. The third-order valence-corrected chi connectivity index (χ3v) is 6.22. The van der Waals surface area contributed by atoms with Crippen LogP contribution in [-0.4, -0.2) is 29.8 Å². The van der Waals surface area contributed by atoms with Crippen LogP contribution in [-0.2, 0) is 23.9 Å². The number of carbonyl (C=O) groups is 2. The molecule has 12 heteroatoms. The highest BCUT2D eigenvalue weighted by Gasteiger charge is 2.34. The molecule has 2 aromatic carbocycles. The number of thiophene rings is 1. The van der Waals surface area contributed by atoms with E-state index in [0.29, 0.717) is 11.3 Å². The van der Waals surface area contributed by atoms with Gasteiger partial charge in [0.15, 0.2) is 5.75 Å². The number of hydrogen-bond acceptors (Lipinski definition) is 6. The molecular weight excluding hydrogens is 497 g/mol. The maximum atomic E-state index is 13.4. The smallest absolute Gasteiger partial charge is 0.416 e. The van der Waals surface area contributed by atoms with Crippen molar-refractivity contribution in [2.45, 2.75) is 31.8 Å². The highest BCUT2D eigenvalue weighted by molar-refractivity contribution is 7.10. The van der Waals surface area contributed by atoms with Gasteiger partial charge < -0.3 is 15.2 Å². The van der Waals surface area contributed by atoms with Gasteiger partial charge in [-0.15, -0.1) is 11.3 Å². The van der Waals surface area contributed by atoms with Crippen LogP contribution in [0.4, 0.5) is 23.7 Å². The predicted octanol–water partition coefficient (Wildman–Crippen LogP) is 4.16. The lowest BCUT2D eigenvalue weighted by Crippen LogP contribution is -2.51. The minimum absolute atomic E-state index is 0.0626. The molecule has 0 aliphatic carbocycles. The Balaban J connectivity index is 1.39. The highest BCUT2D eigenvalue weighted by Crippen LogP contribution is 2.42. The van der Waals surface area contributed by atoms with Crippen molar-refractivity contribution in [3.8, 4) is 11.5 Å². The first kappa shape index (κ1) is 25.5. The molecule has 3 aromatic rings. The lowest BCUT2D eigenvalue weighted by molar-refractivity contribution is -0.137. The Hall–Kier alpha value is -3.61. The van der Waals surface area contributed by atoms with Gasteiger partial charge in [0.1, 0.15) is 12.0 Å². The van der Waals surface area contributed by atoms with Crippen molar-refractivity contribution in [1.29, 1.82) is 0 Å². The summed E-state index contributed by atoms with van der Waals surface area (Å²) >= 11 is 1.46. The summed E-state index contributed by atoms with van der Waals surface area (Å²) in [6.07, 6.45) is -5.52. The number of urea groups is 1. The normalized spacial score (nSPS) is 13.6. The molecule has 0 saturated carbocycles. The second kappa shape index (κ2) is 11.0. The van der Waals surface area contributed by atoms with Gasteiger partial charge >= 0.3 is 12.2 Å². The Kier molecular flexibility index (Phi) is 7.77. The van der Waals surface area contributed by atoms with Gasteiger partial charge in [0.05, 0.1) is 24.2 Å². The Bertz CT molecular complexity index is 1220. The number of hydrazine groups is 1. The van der Waals surface area contributed by atoms with Crippen molar-refractivity contribution < 1.29 is 32.6 Å². The Morgan fingerprint density at radius 2 is 1.92 bits per heavy atom. The first-order valence-electron chi connectivity index (χ1n) is 11.0. The van der Waals surface area contributed by atoms with Crippen LogP contribution < -0.4 is 25.8 Å². The van der Waals surface area contributed by atoms with Crippen molar-refractivity contribution in [2.75, 3.05) is 11.4 Å². The first-order chi connectivity index (χ1) is 17.2. The maximum absolute atomic E-state index is 13.4. The van der Waals surface area contributed by atoms with E-state index in [2.05, 4.69) is 16.2 Å². The van der Waals surface area contributed by atoms with E-state index >= 15 is 0 Å². The number of alkyl halides is 3. The van der Waals surface area contributed by atoms with E-state index in [9.17, 15) is 27.9 Å². The molecule has 36 heavy (non-hydrogen) atoms. The van der Waals surface area contributed by atoms with Crippen molar-refractivity contribution in [3.63, 3.8) is 0 Å². The van der Waals surface area contributed by atoms with Gasteiger partial charge in [-0.3, -0.25) is 15.1 Å². The molecule has 1 unspecified atom stereocenters. The third-order valence-electron chi connectivity index (χ3n) is 5.34. The number of aliphatic hydroxyl groups is 1. The summed E-state index contributed by atoms with van der Waals surface area (Å²) in [4.78, 5) is 26.9. The molecule has 2 heterocycles. The number of amides is 3. The van der Waals surface area contributed by atoms with Crippen molar-refractivity contribution in [1.82, 2.24) is 16.2 Å². The number of nitrogens with one attached hydrogen (secondary N) is 3. The average Bonchev–Trinajstić information content (AvgIpc) is 3.28. The molecule has 0 fully saturated rings. The van der Waals surface area contributed by atoms with Gasteiger partial charge in [-0.2, -0.15) is 13.2 Å². The van der Waals surface area contributed by atoms with Gasteiger partial charge in [0.25, 0.3) is 0 Å². The van der Waals surface area contributed by atoms with Gasteiger partial charge in [0.2, 0.25) is 5.91 Å². The maximum Gasteiger partial charge on any atom is 0.416 e. The van der Waals surface area contributed by atoms with E-state index in [1.807, 2.05) is 17.5 Å². The zero-order chi connectivity index (χ0) is 25.7. The number of fused-ring (bicyclic) bond motifs is 2. The summed E-state index contributed by atoms with van der Waals surface area (Å²) in [5.74, 6) is 0.297. The fourth-order valence-corrected chi connectivity index (χ4v) is 4.25. The molecule has 190 valence electrons. The highest BCUT2D eigenvalue weighted by atomic mass is 32.1. The topological polar surface area (TPSA) is 103 Å². The van der Waals surface area contributed by atoms with E-state index < -0.39 is 24.0 Å². The van der Waals surface area contributed by atoms with Gasteiger partial charge in [-0.05, 0) is 35.7 Å². The molecule has 0 radical (unpaired) electrons. The summed E-state index contributed by atoms with van der Waals surface area (Å²) in [5.41, 5.74) is 4.33. The van der Waals surface area contributed by atoms with Gasteiger partial charge in [-0.25, -0.2) is 10.2 Å². The molecule has 1 aromatic heterocycles. The summed E-state index contributed by atoms with van der Waals surface area (Å²) in [5, 5.41) is 14.7. The van der Waals surface area contributed by atoms with Crippen LogP contribution in [0.5, 0.6) is 11.5 Å². The lowest BCUT2D eigenvalue weighted by Gasteiger charge is -2.24. The van der Waals surface area contributed by atoms with Crippen LogP contribution >= 0.6 is 11.3 Å². The molecular formula is C24H23F3N4O4S. The van der Waals surface area contributed by atoms with Crippen LogP contribution in [0.3, 0.4) is 0 Å². The number of para-hydroxylation sites is 1. The zero-order valence-corrected chi connectivity index (χ0v) is 19.7. The molecule has 4 rings (SSSR count). The van der Waals surface area contributed by atoms with Crippen molar-refractivity contribution in [3.05, 3.63) is 76.0 Å². The Morgan fingerprint density at radius 3 is 2.67 bits per heavy atom. The number of carbonyl (C=O) groups excluding carboxylic acids is 2. The SMILES string of the molecule is O=C(Cc1cccs1)NCCC(O)NNC(=O)N1Cc2ccccc2Oc2ccc(C(F)(F)F)cc21. The van der Waals surface area contributed by atoms with Crippen LogP contribution in [0.15, 0.2) is 60.0 Å². The van der Waals surface area contributed by atoms with Crippen LogP contribution in [0, 0.1) is 0 Å². The minimum Gasteiger partial charge on any atom is -0.455 e. The number of benzene rings is 2. The standard InChI is InChI=1S/C24H23F3N4O4S/c25-24(26,27)16-7-8-20-18(12-16)31(14-15-4-1-2-6-19(15)35-20)23(34)30-29-21(32)9-10-28-22(33)13-17-5-3-11-36-17/h1-8,11-12,21,29,32H,9-10,13-14H2,(H,28,33)(H,30,34). The first-order valence-corrected chi connectivity index (χ1v) is 11.9. The van der Waals surface area contributed by atoms with E-state index in [1.54, 1.807) is 24.3 Å². The molecule has 1 aliphatic heterocycles. The Morgan fingerprint density at radius 1 is 1.11 bits per heavy atom. The molecule has 0 saturated heterocycles.